The second kappa shape index (κ2) is 4.97. The minimum absolute atomic E-state index is 0.313. The van der Waals surface area contributed by atoms with E-state index in [2.05, 4.69) is 4.98 Å². The summed E-state index contributed by atoms with van der Waals surface area (Å²) in [6.07, 6.45) is -1.79. The number of alkyl halides is 2. The van der Waals surface area contributed by atoms with Crippen LogP contribution in [0.1, 0.15) is 30.2 Å². The van der Waals surface area contributed by atoms with E-state index in [4.69, 9.17) is 5.73 Å². The molecule has 3 nitrogen and oxygen atoms in total. The number of aromatic nitrogens is 1. The first-order valence-electron chi connectivity index (χ1n) is 4.27. The maximum atomic E-state index is 12.2. The summed E-state index contributed by atoms with van der Waals surface area (Å²) >= 11 is 0. The SMILES string of the molecule is NCCC(O)c1ccnc(C(F)F)c1. The predicted octanol–water partition coefficient (Wildman–Crippen LogP) is 1.40. The van der Waals surface area contributed by atoms with Gasteiger partial charge in [-0.3, -0.25) is 4.98 Å². The number of pyridine rings is 1. The fraction of sp³-hybridized carbons (Fsp3) is 0.444. The molecule has 0 aliphatic heterocycles. The summed E-state index contributed by atoms with van der Waals surface area (Å²) in [5, 5.41) is 9.47. The van der Waals surface area contributed by atoms with Gasteiger partial charge in [0, 0.05) is 6.20 Å². The van der Waals surface area contributed by atoms with E-state index in [1.54, 1.807) is 0 Å². The lowest BCUT2D eigenvalue weighted by molar-refractivity contribution is 0.144. The Morgan fingerprint density at radius 2 is 2.21 bits per heavy atom. The maximum absolute atomic E-state index is 12.2. The average molecular weight is 202 g/mol. The summed E-state index contributed by atoms with van der Waals surface area (Å²) in [5.41, 5.74) is 5.35. The van der Waals surface area contributed by atoms with Crippen LogP contribution in [0.2, 0.25) is 0 Å². The Balaban J connectivity index is 2.82. The number of hydrogen-bond acceptors (Lipinski definition) is 3. The Morgan fingerprint density at radius 1 is 1.50 bits per heavy atom. The van der Waals surface area contributed by atoms with Gasteiger partial charge in [0.15, 0.2) is 0 Å². The van der Waals surface area contributed by atoms with Gasteiger partial charge in [-0.2, -0.15) is 0 Å². The Bertz CT molecular complexity index is 294. The van der Waals surface area contributed by atoms with E-state index in [-0.39, 0.29) is 5.69 Å². The average Bonchev–Trinajstić information content (AvgIpc) is 2.18. The van der Waals surface area contributed by atoms with Gasteiger partial charge < -0.3 is 10.8 Å². The molecule has 0 fully saturated rings. The van der Waals surface area contributed by atoms with Gasteiger partial charge >= 0.3 is 0 Å². The third-order valence-electron chi connectivity index (χ3n) is 1.85. The van der Waals surface area contributed by atoms with Crippen LogP contribution in [0.5, 0.6) is 0 Å². The fourth-order valence-corrected chi connectivity index (χ4v) is 1.12. The molecule has 1 heterocycles. The van der Waals surface area contributed by atoms with Crippen LogP contribution in [0.15, 0.2) is 18.3 Å². The molecule has 1 atom stereocenters. The second-order valence-corrected chi connectivity index (χ2v) is 2.91. The Morgan fingerprint density at radius 3 is 2.79 bits per heavy atom. The van der Waals surface area contributed by atoms with Gasteiger partial charge in [0.05, 0.1) is 6.10 Å². The van der Waals surface area contributed by atoms with Gasteiger partial charge in [0.2, 0.25) is 0 Å². The molecule has 0 aromatic carbocycles. The summed E-state index contributed by atoms with van der Waals surface area (Å²) in [6.45, 7) is 0.313. The molecule has 0 spiro atoms. The molecule has 5 heteroatoms. The third-order valence-corrected chi connectivity index (χ3v) is 1.85. The van der Waals surface area contributed by atoms with Crippen LogP contribution in [0.25, 0.3) is 0 Å². The maximum Gasteiger partial charge on any atom is 0.280 e. The van der Waals surface area contributed by atoms with Crippen LogP contribution >= 0.6 is 0 Å². The number of nitrogens with two attached hydrogens (primary N) is 1. The van der Waals surface area contributed by atoms with Crippen molar-refractivity contribution in [3.63, 3.8) is 0 Å². The number of aliphatic hydroxyl groups is 1. The summed E-state index contributed by atoms with van der Waals surface area (Å²) in [6, 6.07) is 2.71. The van der Waals surface area contributed by atoms with Crippen LogP contribution in [0, 0.1) is 0 Å². The normalized spacial score (nSPS) is 13.2. The Kier molecular flexibility index (Phi) is 3.91. The first-order valence-corrected chi connectivity index (χ1v) is 4.27. The largest absolute Gasteiger partial charge is 0.388 e. The van der Waals surface area contributed by atoms with Gasteiger partial charge in [-0.15, -0.1) is 0 Å². The van der Waals surface area contributed by atoms with Crippen molar-refractivity contribution in [2.45, 2.75) is 19.0 Å². The Labute approximate surface area is 80.6 Å². The van der Waals surface area contributed by atoms with Gasteiger partial charge in [-0.05, 0) is 30.7 Å². The molecule has 0 saturated carbocycles. The minimum atomic E-state index is -2.61. The number of aliphatic hydroxyl groups excluding tert-OH is 1. The highest BCUT2D eigenvalue weighted by atomic mass is 19.3. The lowest BCUT2D eigenvalue weighted by Crippen LogP contribution is -2.07. The molecule has 0 saturated heterocycles. The van der Waals surface area contributed by atoms with Crippen molar-refractivity contribution >= 4 is 0 Å². The highest BCUT2D eigenvalue weighted by Gasteiger charge is 2.12. The van der Waals surface area contributed by atoms with Crippen molar-refractivity contribution < 1.29 is 13.9 Å². The lowest BCUT2D eigenvalue weighted by Gasteiger charge is -2.10. The quantitative estimate of drug-likeness (QED) is 0.775. The summed E-state index contributed by atoms with van der Waals surface area (Å²) in [4.78, 5) is 3.49. The first-order chi connectivity index (χ1) is 6.65. The van der Waals surface area contributed by atoms with Crippen molar-refractivity contribution in [2.24, 2.45) is 5.73 Å². The van der Waals surface area contributed by atoms with Crippen LogP contribution < -0.4 is 5.73 Å². The molecule has 78 valence electrons. The molecule has 1 aromatic rings. The molecule has 1 aromatic heterocycles. The van der Waals surface area contributed by atoms with Crippen molar-refractivity contribution in [1.82, 2.24) is 4.98 Å². The number of halogens is 2. The van der Waals surface area contributed by atoms with E-state index in [1.165, 1.54) is 18.3 Å². The van der Waals surface area contributed by atoms with Gasteiger partial charge in [0.25, 0.3) is 6.43 Å². The number of rotatable bonds is 4. The van der Waals surface area contributed by atoms with E-state index in [0.717, 1.165) is 0 Å². The predicted molar refractivity (Wildman–Crippen MR) is 47.8 cm³/mol. The smallest absolute Gasteiger partial charge is 0.280 e. The van der Waals surface area contributed by atoms with Crippen LogP contribution in [0.4, 0.5) is 8.78 Å². The Hall–Kier alpha value is -1.07. The molecule has 0 aliphatic rings. The van der Waals surface area contributed by atoms with Crippen LogP contribution in [-0.4, -0.2) is 16.6 Å². The van der Waals surface area contributed by atoms with Crippen LogP contribution in [0.3, 0.4) is 0 Å². The van der Waals surface area contributed by atoms with E-state index < -0.39 is 12.5 Å². The number of hydrogen-bond donors (Lipinski definition) is 2. The molecule has 0 amide bonds. The van der Waals surface area contributed by atoms with Gasteiger partial charge in [-0.1, -0.05) is 0 Å². The third kappa shape index (κ3) is 2.71. The monoisotopic (exact) mass is 202 g/mol. The standard InChI is InChI=1S/C9H12F2N2O/c10-9(11)7-5-6(2-4-13-7)8(14)1-3-12/h2,4-5,8-9,14H,1,3,12H2. The van der Waals surface area contributed by atoms with E-state index in [0.29, 0.717) is 18.5 Å². The van der Waals surface area contributed by atoms with E-state index >= 15 is 0 Å². The lowest BCUT2D eigenvalue weighted by atomic mass is 10.1. The van der Waals surface area contributed by atoms with E-state index in [9.17, 15) is 13.9 Å². The zero-order valence-electron chi connectivity index (χ0n) is 7.53. The molecule has 1 rings (SSSR count). The molecule has 0 aliphatic carbocycles. The van der Waals surface area contributed by atoms with Crippen LogP contribution in [-0.2, 0) is 0 Å². The molecule has 14 heavy (non-hydrogen) atoms. The molecule has 0 bridgehead atoms. The molecule has 1 unspecified atom stereocenters. The minimum Gasteiger partial charge on any atom is -0.388 e. The zero-order chi connectivity index (χ0) is 10.6. The highest BCUT2D eigenvalue weighted by molar-refractivity contribution is 5.19. The zero-order valence-corrected chi connectivity index (χ0v) is 7.53. The van der Waals surface area contributed by atoms with Crippen molar-refractivity contribution in [3.05, 3.63) is 29.6 Å². The first kappa shape index (κ1) is 11.0. The summed E-state index contributed by atoms with van der Waals surface area (Å²) in [5.74, 6) is 0. The molecular formula is C9H12F2N2O. The van der Waals surface area contributed by atoms with Crippen molar-refractivity contribution in [3.8, 4) is 0 Å². The van der Waals surface area contributed by atoms with Crippen molar-refractivity contribution in [2.75, 3.05) is 6.54 Å². The van der Waals surface area contributed by atoms with Gasteiger partial charge in [-0.25, -0.2) is 8.78 Å². The summed E-state index contributed by atoms with van der Waals surface area (Å²) in [7, 11) is 0. The second-order valence-electron chi connectivity index (χ2n) is 2.91. The van der Waals surface area contributed by atoms with Gasteiger partial charge in [0.1, 0.15) is 5.69 Å². The highest BCUT2D eigenvalue weighted by Crippen LogP contribution is 2.21. The van der Waals surface area contributed by atoms with E-state index in [1.807, 2.05) is 0 Å². The van der Waals surface area contributed by atoms with Crippen molar-refractivity contribution in [1.29, 1.82) is 0 Å². The fourth-order valence-electron chi connectivity index (χ4n) is 1.12. The number of nitrogens with zero attached hydrogens (tertiary/aromatic N) is 1. The molecular weight excluding hydrogens is 190 g/mol. The molecule has 3 N–H and O–H groups in total. The summed E-state index contributed by atoms with van der Waals surface area (Å²) < 4.78 is 24.5. The molecule has 0 radical (unpaired) electrons. The topological polar surface area (TPSA) is 59.1 Å².